The third-order valence-corrected chi connectivity index (χ3v) is 9.28. The number of benzene rings is 8. The maximum atomic E-state index is 6.52. The summed E-state index contributed by atoms with van der Waals surface area (Å²) in [5.74, 6) is 3.62. The van der Waals surface area contributed by atoms with E-state index in [-0.39, 0.29) is 0 Å². The molecule has 0 N–H and O–H groups in total. The second kappa shape index (κ2) is 8.82. The molecule has 2 aliphatic rings. The summed E-state index contributed by atoms with van der Waals surface area (Å²) in [4.78, 5) is 0. The first-order valence-corrected chi connectivity index (χ1v) is 15.0. The lowest BCUT2D eigenvalue weighted by Gasteiger charge is -2.23. The van der Waals surface area contributed by atoms with E-state index in [0.717, 1.165) is 39.7 Å². The molecule has 0 fully saturated rings. The van der Waals surface area contributed by atoms with Crippen LogP contribution in [0.25, 0.3) is 76.8 Å². The molecule has 0 saturated heterocycles. The van der Waals surface area contributed by atoms with Gasteiger partial charge in [-0.15, -0.1) is 0 Å². The Hall–Kier alpha value is -5.86. The van der Waals surface area contributed by atoms with Gasteiger partial charge in [0.2, 0.25) is 0 Å². The topological polar surface area (TPSA) is 18.5 Å². The zero-order valence-corrected chi connectivity index (χ0v) is 23.7. The second-order valence-corrected chi connectivity index (χ2v) is 11.6. The van der Waals surface area contributed by atoms with Crippen LogP contribution in [0.4, 0.5) is 0 Å². The highest BCUT2D eigenvalue weighted by molar-refractivity contribution is 6.14. The monoisotopic (exact) mass is 560 g/mol. The summed E-state index contributed by atoms with van der Waals surface area (Å²) >= 11 is 0. The quantitative estimate of drug-likeness (QED) is 0.209. The molecule has 8 aromatic rings. The molecule has 2 heterocycles. The number of ether oxygens (including phenoxy) is 2. The molecule has 0 bridgehead atoms. The van der Waals surface area contributed by atoms with Crippen LogP contribution >= 0.6 is 0 Å². The van der Waals surface area contributed by atoms with Gasteiger partial charge in [0.05, 0.1) is 0 Å². The minimum Gasteiger partial charge on any atom is -0.456 e. The van der Waals surface area contributed by atoms with Gasteiger partial charge < -0.3 is 9.47 Å². The Balaban J connectivity index is 1.15. The standard InChI is InChI=1S/C42H24O2/c1-2-11-29-28(10-1)27(26-18-19-33-35-13-5-8-25-9-6-17-38(41(25)35)44-40(33)24-26)20-21-30(29)31-22-23-39-42-34(31)14-7-15-36(42)32-12-3-4-16-37(32)43-39/h1-24H. The van der Waals surface area contributed by atoms with Crippen molar-refractivity contribution >= 4 is 32.3 Å². The summed E-state index contributed by atoms with van der Waals surface area (Å²) in [5.41, 5.74) is 9.45. The minimum absolute atomic E-state index is 0.894. The largest absolute Gasteiger partial charge is 0.456 e. The second-order valence-electron chi connectivity index (χ2n) is 11.6. The van der Waals surface area contributed by atoms with Crippen molar-refractivity contribution < 1.29 is 9.47 Å². The molecular formula is C42H24O2. The van der Waals surface area contributed by atoms with Gasteiger partial charge in [0.15, 0.2) is 0 Å². The summed E-state index contributed by atoms with van der Waals surface area (Å²) in [6.45, 7) is 0. The fourth-order valence-electron chi connectivity index (χ4n) is 7.33. The maximum Gasteiger partial charge on any atom is 0.135 e. The lowest BCUT2D eigenvalue weighted by Crippen LogP contribution is -1.98. The van der Waals surface area contributed by atoms with Gasteiger partial charge in [0.1, 0.15) is 23.0 Å². The van der Waals surface area contributed by atoms with Crippen LogP contribution < -0.4 is 9.47 Å². The van der Waals surface area contributed by atoms with Crippen LogP contribution in [-0.2, 0) is 0 Å². The third-order valence-electron chi connectivity index (χ3n) is 9.28. The lowest BCUT2D eigenvalue weighted by molar-refractivity contribution is 0.487. The molecule has 0 spiro atoms. The van der Waals surface area contributed by atoms with Crippen molar-refractivity contribution in [3.63, 3.8) is 0 Å². The Labute approximate surface area is 254 Å². The number of fused-ring (bicyclic) bond motifs is 5. The van der Waals surface area contributed by atoms with Crippen molar-refractivity contribution in [3.8, 4) is 67.5 Å². The summed E-state index contributed by atoms with van der Waals surface area (Å²) in [5, 5.41) is 7.18. The Kier molecular flexibility index (Phi) is 4.75. The van der Waals surface area contributed by atoms with Crippen molar-refractivity contribution in [1.82, 2.24) is 0 Å². The van der Waals surface area contributed by atoms with Crippen molar-refractivity contribution in [2.24, 2.45) is 0 Å². The van der Waals surface area contributed by atoms with Crippen LogP contribution in [-0.4, -0.2) is 0 Å². The van der Waals surface area contributed by atoms with Crippen molar-refractivity contribution in [2.45, 2.75) is 0 Å². The van der Waals surface area contributed by atoms with Crippen LogP contribution in [0, 0.1) is 0 Å². The summed E-state index contributed by atoms with van der Waals surface area (Å²) < 4.78 is 12.9. The van der Waals surface area contributed by atoms with E-state index in [4.69, 9.17) is 9.47 Å². The zero-order chi connectivity index (χ0) is 28.8. The number of hydrogen-bond donors (Lipinski definition) is 0. The molecule has 2 nitrogen and oxygen atoms in total. The maximum absolute atomic E-state index is 6.52. The Morgan fingerprint density at radius 3 is 1.75 bits per heavy atom. The molecule has 0 aliphatic carbocycles. The Morgan fingerprint density at radius 2 is 0.841 bits per heavy atom. The fraction of sp³-hybridized carbons (Fsp3) is 0. The molecule has 204 valence electrons. The van der Waals surface area contributed by atoms with Crippen LogP contribution in [0.15, 0.2) is 146 Å². The van der Waals surface area contributed by atoms with Gasteiger partial charge in [-0.05, 0) is 85.3 Å². The molecule has 0 atom stereocenters. The average Bonchev–Trinajstić information content (AvgIpc) is 3.08. The molecule has 0 unspecified atom stereocenters. The normalized spacial score (nSPS) is 12.5. The van der Waals surface area contributed by atoms with E-state index in [2.05, 4.69) is 133 Å². The average molecular weight is 561 g/mol. The van der Waals surface area contributed by atoms with Crippen molar-refractivity contribution in [1.29, 1.82) is 0 Å². The molecule has 2 heteroatoms. The summed E-state index contributed by atoms with van der Waals surface area (Å²) in [6.07, 6.45) is 0. The van der Waals surface area contributed by atoms with Gasteiger partial charge in [-0.25, -0.2) is 0 Å². The smallest absolute Gasteiger partial charge is 0.135 e. The first-order valence-electron chi connectivity index (χ1n) is 15.0. The highest BCUT2D eigenvalue weighted by Crippen LogP contribution is 2.51. The first kappa shape index (κ1) is 23.7. The minimum atomic E-state index is 0.894. The summed E-state index contributed by atoms with van der Waals surface area (Å²) in [7, 11) is 0. The Bertz CT molecular complexity index is 2500. The van der Waals surface area contributed by atoms with E-state index < -0.39 is 0 Å². The molecule has 0 aromatic heterocycles. The van der Waals surface area contributed by atoms with Crippen molar-refractivity contribution in [3.05, 3.63) is 146 Å². The highest BCUT2D eigenvalue weighted by atomic mass is 16.5. The SMILES string of the molecule is c1ccc2c(c1)Oc1ccc(-c3ccc(-c4ccc5c(c4)Oc4cccc6cccc-5c46)c4ccccc34)c3cccc-2c13. The molecular weight excluding hydrogens is 536 g/mol. The molecule has 0 amide bonds. The van der Waals surface area contributed by atoms with Crippen LogP contribution in [0.5, 0.6) is 23.0 Å². The molecule has 0 radical (unpaired) electrons. The molecule has 2 aliphatic heterocycles. The first-order chi connectivity index (χ1) is 21.8. The van der Waals surface area contributed by atoms with E-state index >= 15 is 0 Å². The van der Waals surface area contributed by atoms with E-state index in [0.29, 0.717) is 0 Å². The van der Waals surface area contributed by atoms with Gasteiger partial charge in [0, 0.05) is 21.9 Å². The predicted molar refractivity (Wildman–Crippen MR) is 181 cm³/mol. The van der Waals surface area contributed by atoms with Gasteiger partial charge in [-0.1, -0.05) is 115 Å². The zero-order valence-electron chi connectivity index (χ0n) is 23.7. The van der Waals surface area contributed by atoms with E-state index in [9.17, 15) is 0 Å². The van der Waals surface area contributed by atoms with E-state index in [1.54, 1.807) is 0 Å². The lowest BCUT2D eigenvalue weighted by atomic mass is 9.87. The fourth-order valence-corrected chi connectivity index (χ4v) is 7.33. The molecule has 8 aromatic carbocycles. The highest BCUT2D eigenvalue weighted by Gasteiger charge is 2.23. The molecule has 10 rings (SSSR count). The van der Waals surface area contributed by atoms with Gasteiger partial charge >= 0.3 is 0 Å². The number of rotatable bonds is 2. The van der Waals surface area contributed by atoms with Gasteiger partial charge in [0.25, 0.3) is 0 Å². The number of para-hydroxylation sites is 1. The molecule has 44 heavy (non-hydrogen) atoms. The van der Waals surface area contributed by atoms with E-state index in [1.165, 1.54) is 60.1 Å². The molecule has 0 saturated carbocycles. The van der Waals surface area contributed by atoms with E-state index in [1.807, 2.05) is 12.1 Å². The predicted octanol–water partition coefficient (Wildman–Crippen LogP) is 12.0. The Morgan fingerprint density at radius 1 is 0.295 bits per heavy atom. The van der Waals surface area contributed by atoms with Crippen LogP contribution in [0.2, 0.25) is 0 Å². The van der Waals surface area contributed by atoms with Crippen LogP contribution in [0.3, 0.4) is 0 Å². The number of hydrogen-bond acceptors (Lipinski definition) is 2. The third kappa shape index (κ3) is 3.25. The van der Waals surface area contributed by atoms with Crippen LogP contribution in [0.1, 0.15) is 0 Å². The van der Waals surface area contributed by atoms with Gasteiger partial charge in [-0.2, -0.15) is 0 Å². The summed E-state index contributed by atoms with van der Waals surface area (Å²) in [6, 6.07) is 51.9. The van der Waals surface area contributed by atoms with Gasteiger partial charge in [-0.3, -0.25) is 0 Å². The van der Waals surface area contributed by atoms with Crippen molar-refractivity contribution in [2.75, 3.05) is 0 Å².